The minimum absolute atomic E-state index is 0.00537. The molecule has 1 fully saturated rings. The number of ether oxygens (including phenoxy) is 1. The van der Waals surface area contributed by atoms with Crippen LogP contribution in [0.5, 0.6) is 0 Å². The maximum atomic E-state index is 13.5. The summed E-state index contributed by atoms with van der Waals surface area (Å²) < 4.78 is 5.25. The first-order chi connectivity index (χ1) is 15.7. The summed E-state index contributed by atoms with van der Waals surface area (Å²) in [5.74, 6) is -0.0876. The zero-order valence-electron chi connectivity index (χ0n) is 18.6. The molecule has 4 rings (SSSR count). The maximum Gasteiger partial charge on any atom is 0.254 e. The first-order valence-corrected chi connectivity index (χ1v) is 11.3. The number of amides is 2. The van der Waals surface area contributed by atoms with Crippen LogP contribution in [0.1, 0.15) is 28.8 Å². The number of piperidine rings is 1. The van der Waals surface area contributed by atoms with Gasteiger partial charge in [0.2, 0.25) is 5.91 Å². The van der Waals surface area contributed by atoms with Gasteiger partial charge in [-0.05, 0) is 35.2 Å². The fourth-order valence-electron chi connectivity index (χ4n) is 4.48. The van der Waals surface area contributed by atoms with Crippen molar-refractivity contribution in [3.05, 3.63) is 83.9 Å². The third-order valence-corrected chi connectivity index (χ3v) is 6.17. The second kappa shape index (κ2) is 10.4. The van der Waals surface area contributed by atoms with Gasteiger partial charge >= 0.3 is 0 Å². The summed E-state index contributed by atoms with van der Waals surface area (Å²) in [5.41, 5.74) is 1.80. The summed E-state index contributed by atoms with van der Waals surface area (Å²) in [4.78, 5) is 30.6. The second-order valence-corrected chi connectivity index (χ2v) is 8.36. The van der Waals surface area contributed by atoms with E-state index in [-0.39, 0.29) is 17.7 Å². The van der Waals surface area contributed by atoms with Gasteiger partial charge in [-0.2, -0.15) is 0 Å². The van der Waals surface area contributed by atoms with Crippen LogP contribution < -0.4 is 0 Å². The number of methoxy groups -OCH3 is 1. The average molecular weight is 431 g/mol. The quantitative estimate of drug-likeness (QED) is 0.559. The van der Waals surface area contributed by atoms with Crippen molar-refractivity contribution in [2.75, 3.05) is 33.4 Å². The standard InChI is InChI=1S/C27H30N2O3/c1-32-18-17-29(19-21-9-3-2-4-10-21)26(30)23-13-8-16-28(20-23)27(31)25-15-7-12-22-11-5-6-14-24(22)25/h2-7,9-12,14-15,23H,8,13,16-20H2,1H3/t23-/m1/s1. The topological polar surface area (TPSA) is 49.9 Å². The number of carbonyl (C=O) groups is 2. The number of fused-ring (bicyclic) bond motifs is 1. The molecule has 1 atom stereocenters. The zero-order chi connectivity index (χ0) is 22.3. The monoisotopic (exact) mass is 430 g/mol. The highest BCUT2D eigenvalue weighted by Crippen LogP contribution is 2.25. The minimum atomic E-state index is -0.191. The number of carbonyl (C=O) groups excluding carboxylic acids is 2. The van der Waals surface area contributed by atoms with Gasteiger partial charge in [0.05, 0.1) is 12.5 Å². The van der Waals surface area contributed by atoms with Gasteiger partial charge in [-0.1, -0.05) is 66.7 Å². The van der Waals surface area contributed by atoms with Gasteiger partial charge in [-0.15, -0.1) is 0 Å². The smallest absolute Gasteiger partial charge is 0.254 e. The van der Waals surface area contributed by atoms with Crippen molar-refractivity contribution in [1.29, 1.82) is 0 Å². The molecule has 0 aliphatic carbocycles. The molecule has 3 aromatic carbocycles. The van der Waals surface area contributed by atoms with Gasteiger partial charge in [0.25, 0.3) is 5.91 Å². The first kappa shape index (κ1) is 22.0. The molecule has 2 amide bonds. The Balaban J connectivity index is 1.50. The van der Waals surface area contributed by atoms with E-state index in [1.54, 1.807) is 7.11 Å². The summed E-state index contributed by atoms with van der Waals surface area (Å²) in [5, 5.41) is 2.01. The Labute approximate surface area is 189 Å². The zero-order valence-corrected chi connectivity index (χ0v) is 18.6. The molecule has 0 radical (unpaired) electrons. The van der Waals surface area contributed by atoms with E-state index in [0.717, 1.165) is 29.2 Å². The highest BCUT2D eigenvalue weighted by atomic mass is 16.5. The van der Waals surface area contributed by atoms with Gasteiger partial charge in [-0.25, -0.2) is 0 Å². The number of likely N-dealkylation sites (tertiary alicyclic amines) is 1. The predicted octanol–water partition coefficient (Wildman–Crippen LogP) is 4.37. The van der Waals surface area contributed by atoms with Crippen molar-refractivity contribution in [1.82, 2.24) is 9.80 Å². The largest absolute Gasteiger partial charge is 0.383 e. The van der Waals surface area contributed by atoms with Crippen molar-refractivity contribution in [2.24, 2.45) is 5.92 Å². The lowest BCUT2D eigenvalue weighted by molar-refractivity contribution is -0.138. The Bertz CT molecular complexity index is 1060. The van der Waals surface area contributed by atoms with E-state index in [1.807, 2.05) is 82.6 Å². The highest BCUT2D eigenvalue weighted by Gasteiger charge is 2.32. The predicted molar refractivity (Wildman–Crippen MR) is 126 cm³/mol. The molecule has 0 bridgehead atoms. The van der Waals surface area contributed by atoms with E-state index in [0.29, 0.717) is 38.3 Å². The normalized spacial score (nSPS) is 16.2. The van der Waals surface area contributed by atoms with Crippen LogP contribution in [0.25, 0.3) is 10.8 Å². The van der Waals surface area contributed by atoms with E-state index in [4.69, 9.17) is 4.74 Å². The van der Waals surface area contributed by atoms with Gasteiger partial charge in [0, 0.05) is 38.9 Å². The van der Waals surface area contributed by atoms with Crippen LogP contribution in [0.4, 0.5) is 0 Å². The molecule has 0 saturated carbocycles. The first-order valence-electron chi connectivity index (χ1n) is 11.3. The lowest BCUT2D eigenvalue weighted by Gasteiger charge is -2.35. The fraction of sp³-hybridized carbons (Fsp3) is 0.333. The molecule has 32 heavy (non-hydrogen) atoms. The molecular formula is C27H30N2O3. The molecule has 0 aromatic heterocycles. The average Bonchev–Trinajstić information content (AvgIpc) is 2.86. The molecule has 5 nitrogen and oxygen atoms in total. The molecule has 1 saturated heterocycles. The molecule has 3 aromatic rings. The molecule has 0 spiro atoms. The van der Waals surface area contributed by atoms with Gasteiger partial charge in [-0.3, -0.25) is 9.59 Å². The van der Waals surface area contributed by atoms with Gasteiger partial charge in [0.1, 0.15) is 0 Å². The maximum absolute atomic E-state index is 13.5. The van der Waals surface area contributed by atoms with Crippen LogP contribution in [0.2, 0.25) is 0 Å². The van der Waals surface area contributed by atoms with Crippen LogP contribution >= 0.6 is 0 Å². The van der Waals surface area contributed by atoms with Crippen LogP contribution in [-0.2, 0) is 16.1 Å². The number of hydrogen-bond acceptors (Lipinski definition) is 3. The molecule has 166 valence electrons. The third kappa shape index (κ3) is 5.00. The molecule has 1 aliphatic rings. The minimum Gasteiger partial charge on any atom is -0.383 e. The van der Waals surface area contributed by atoms with Crippen molar-refractivity contribution in [3.63, 3.8) is 0 Å². The highest BCUT2D eigenvalue weighted by molar-refractivity contribution is 6.07. The van der Waals surface area contributed by atoms with Gasteiger partial charge < -0.3 is 14.5 Å². The Morgan fingerprint density at radius 1 is 1.00 bits per heavy atom. The van der Waals surface area contributed by atoms with Crippen molar-refractivity contribution in [3.8, 4) is 0 Å². The number of rotatable bonds is 7. The number of hydrogen-bond donors (Lipinski definition) is 0. The molecule has 1 heterocycles. The molecule has 1 aliphatic heterocycles. The number of benzene rings is 3. The lowest BCUT2D eigenvalue weighted by atomic mass is 9.95. The van der Waals surface area contributed by atoms with E-state index in [2.05, 4.69) is 0 Å². The van der Waals surface area contributed by atoms with Crippen LogP contribution in [0, 0.1) is 5.92 Å². The van der Waals surface area contributed by atoms with E-state index in [1.165, 1.54) is 0 Å². The van der Waals surface area contributed by atoms with E-state index in [9.17, 15) is 9.59 Å². The Morgan fingerprint density at radius 3 is 2.56 bits per heavy atom. The second-order valence-electron chi connectivity index (χ2n) is 8.36. The Hall–Kier alpha value is -3.18. The summed E-state index contributed by atoms with van der Waals surface area (Å²) in [6.07, 6.45) is 1.63. The SMILES string of the molecule is COCCN(Cc1ccccc1)C(=O)[C@@H]1CCCN(C(=O)c2cccc3ccccc23)C1. The summed E-state index contributed by atoms with van der Waals surface area (Å²) in [6, 6.07) is 23.8. The van der Waals surface area contributed by atoms with E-state index < -0.39 is 0 Å². The van der Waals surface area contributed by atoms with Crippen LogP contribution in [0.15, 0.2) is 72.8 Å². The molecule has 0 unspecified atom stereocenters. The van der Waals surface area contributed by atoms with Crippen LogP contribution in [-0.4, -0.2) is 55.0 Å². The summed E-state index contributed by atoms with van der Waals surface area (Å²) >= 11 is 0. The Morgan fingerprint density at radius 2 is 1.75 bits per heavy atom. The van der Waals surface area contributed by atoms with Gasteiger partial charge in [0.15, 0.2) is 0 Å². The molecular weight excluding hydrogens is 400 g/mol. The molecule has 5 heteroatoms. The van der Waals surface area contributed by atoms with Crippen molar-refractivity contribution in [2.45, 2.75) is 19.4 Å². The van der Waals surface area contributed by atoms with Crippen molar-refractivity contribution >= 4 is 22.6 Å². The summed E-state index contributed by atoms with van der Waals surface area (Å²) in [7, 11) is 1.65. The lowest BCUT2D eigenvalue weighted by Crippen LogP contribution is -2.47. The van der Waals surface area contributed by atoms with Crippen molar-refractivity contribution < 1.29 is 14.3 Å². The van der Waals surface area contributed by atoms with Crippen LogP contribution in [0.3, 0.4) is 0 Å². The fourth-order valence-corrected chi connectivity index (χ4v) is 4.48. The Kier molecular flexibility index (Phi) is 7.17. The summed E-state index contributed by atoms with van der Waals surface area (Å²) in [6.45, 7) is 2.72. The van der Waals surface area contributed by atoms with E-state index >= 15 is 0 Å². The number of nitrogens with zero attached hydrogens (tertiary/aromatic N) is 2. The third-order valence-electron chi connectivity index (χ3n) is 6.17. The molecule has 0 N–H and O–H groups in total.